The maximum Gasteiger partial charge on any atom is 0.326 e. The summed E-state index contributed by atoms with van der Waals surface area (Å²) in [5.41, 5.74) is 4.31. The van der Waals surface area contributed by atoms with Crippen LogP contribution in [0.1, 0.15) is 32.8 Å². The molecular weight excluding hydrogens is 430 g/mol. The number of ketones is 1. The first-order chi connectivity index (χ1) is 15.4. The van der Waals surface area contributed by atoms with Gasteiger partial charge in [0, 0.05) is 13.1 Å². The molecule has 10 nitrogen and oxygen atoms in total. The molecule has 3 N–H and O–H groups in total. The van der Waals surface area contributed by atoms with E-state index in [9.17, 15) is 19.2 Å². The summed E-state index contributed by atoms with van der Waals surface area (Å²) in [6.07, 6.45) is -0.394. The van der Waals surface area contributed by atoms with Crippen LogP contribution in [0.25, 0.3) is 0 Å². The third-order valence-electron chi connectivity index (χ3n) is 5.21. The van der Waals surface area contributed by atoms with Crippen LogP contribution in [0.4, 0.5) is 0 Å². The van der Waals surface area contributed by atoms with Crippen molar-refractivity contribution in [2.75, 3.05) is 33.9 Å². The molecule has 1 aromatic rings. The number of nitrogens with zero attached hydrogens (tertiary/aromatic N) is 1. The number of carbonyl (C=O) groups is 4. The van der Waals surface area contributed by atoms with Crippen LogP contribution in [0.15, 0.2) is 24.3 Å². The average molecular weight is 464 g/mol. The second kappa shape index (κ2) is 10.8. The Morgan fingerprint density at radius 3 is 2.33 bits per heavy atom. The molecule has 10 heteroatoms. The molecule has 0 bridgehead atoms. The number of nitrogens with one attached hydrogen (secondary N) is 1. The number of ether oxygens (including phenoxy) is 3. The molecule has 33 heavy (non-hydrogen) atoms. The van der Waals surface area contributed by atoms with E-state index in [1.54, 1.807) is 52.1 Å². The summed E-state index contributed by atoms with van der Waals surface area (Å²) >= 11 is 0. The number of benzene rings is 1. The molecule has 1 aliphatic heterocycles. The molecule has 0 unspecified atom stereocenters. The Hall–Kier alpha value is -2.98. The van der Waals surface area contributed by atoms with E-state index in [-0.39, 0.29) is 26.1 Å². The smallest absolute Gasteiger partial charge is 0.326 e. The zero-order chi connectivity index (χ0) is 24.8. The molecule has 2 atom stereocenters. The van der Waals surface area contributed by atoms with Gasteiger partial charge in [0.15, 0.2) is 11.3 Å². The maximum atomic E-state index is 13.5. The van der Waals surface area contributed by atoms with Crippen molar-refractivity contribution in [3.05, 3.63) is 29.8 Å². The van der Waals surface area contributed by atoms with Crippen LogP contribution >= 0.6 is 0 Å². The van der Waals surface area contributed by atoms with Crippen LogP contribution in [0.5, 0.6) is 5.75 Å². The van der Waals surface area contributed by atoms with Gasteiger partial charge in [0.1, 0.15) is 17.9 Å². The summed E-state index contributed by atoms with van der Waals surface area (Å²) in [6.45, 7) is 5.16. The molecule has 0 aliphatic carbocycles. The highest BCUT2D eigenvalue weighted by Gasteiger charge is 2.53. The molecule has 1 heterocycles. The monoisotopic (exact) mass is 463 g/mol. The van der Waals surface area contributed by atoms with Crippen LogP contribution in [0, 0.1) is 0 Å². The maximum absolute atomic E-state index is 13.5. The molecule has 0 aromatic heterocycles. The highest BCUT2D eigenvalue weighted by molar-refractivity contribution is 6.15. The molecule has 1 amide bonds. The molecule has 1 aliphatic rings. The Kier molecular flexibility index (Phi) is 8.57. The van der Waals surface area contributed by atoms with Gasteiger partial charge in [0.05, 0.1) is 26.7 Å². The van der Waals surface area contributed by atoms with Gasteiger partial charge in [-0.3, -0.25) is 24.5 Å². The summed E-state index contributed by atoms with van der Waals surface area (Å²) < 4.78 is 15.2. The number of hydrogen-bond donors (Lipinski definition) is 2. The fourth-order valence-corrected chi connectivity index (χ4v) is 3.66. The van der Waals surface area contributed by atoms with E-state index >= 15 is 0 Å². The van der Waals surface area contributed by atoms with E-state index in [4.69, 9.17) is 19.9 Å². The van der Waals surface area contributed by atoms with Gasteiger partial charge < -0.3 is 24.8 Å². The molecule has 1 aromatic carbocycles. The van der Waals surface area contributed by atoms with E-state index in [0.717, 1.165) is 5.56 Å². The van der Waals surface area contributed by atoms with E-state index < -0.39 is 47.2 Å². The number of amides is 1. The van der Waals surface area contributed by atoms with Gasteiger partial charge in [-0.1, -0.05) is 12.1 Å². The lowest BCUT2D eigenvalue weighted by atomic mass is 9.81. The normalized spacial score (nSPS) is 19.6. The van der Waals surface area contributed by atoms with Gasteiger partial charge in [-0.25, -0.2) is 0 Å². The molecule has 1 saturated heterocycles. The van der Waals surface area contributed by atoms with E-state index in [1.165, 1.54) is 12.0 Å². The van der Waals surface area contributed by atoms with Gasteiger partial charge in [-0.15, -0.1) is 0 Å². The molecule has 0 saturated carbocycles. The number of piperazine rings is 1. The van der Waals surface area contributed by atoms with Crippen molar-refractivity contribution >= 4 is 23.6 Å². The lowest BCUT2D eigenvalue weighted by Gasteiger charge is -2.41. The molecule has 0 radical (unpaired) electrons. The number of rotatable bonds is 9. The number of carbonyl (C=O) groups excluding carboxylic acids is 4. The lowest BCUT2D eigenvalue weighted by Crippen LogP contribution is -2.72. The number of hydrogen-bond acceptors (Lipinski definition) is 9. The standard InChI is InChI=1S/C23H33N3O7/c1-22(2,3)33-19(28)14-26-11-10-25-23(21(26)30,13-18(27)32-5)20(29)17(24)12-15-6-8-16(31-4)9-7-15/h6-9,17,25H,10-14,24H2,1-5H3/t17-,23-/m0/s1. The fourth-order valence-electron chi connectivity index (χ4n) is 3.66. The topological polar surface area (TPSA) is 137 Å². The predicted molar refractivity (Wildman–Crippen MR) is 119 cm³/mol. The number of Topliss-reactive ketones (excluding diaryl/α,β-unsaturated/α-hetero) is 1. The van der Waals surface area contributed by atoms with E-state index in [1.807, 2.05) is 0 Å². The highest BCUT2D eigenvalue weighted by Crippen LogP contribution is 2.24. The van der Waals surface area contributed by atoms with Crippen molar-refractivity contribution in [3.8, 4) is 5.75 Å². The highest BCUT2D eigenvalue weighted by atomic mass is 16.6. The van der Waals surface area contributed by atoms with Crippen molar-refractivity contribution in [2.45, 2.75) is 50.8 Å². The minimum absolute atomic E-state index is 0.146. The Bertz CT molecular complexity index is 879. The third kappa shape index (κ3) is 6.75. The van der Waals surface area contributed by atoms with Crippen molar-refractivity contribution in [3.63, 3.8) is 0 Å². The van der Waals surface area contributed by atoms with Gasteiger partial charge >= 0.3 is 11.9 Å². The van der Waals surface area contributed by atoms with Crippen LogP contribution in [0.2, 0.25) is 0 Å². The van der Waals surface area contributed by atoms with E-state index in [0.29, 0.717) is 5.75 Å². The minimum atomic E-state index is -1.93. The largest absolute Gasteiger partial charge is 0.497 e. The lowest BCUT2D eigenvalue weighted by molar-refractivity contribution is -0.164. The van der Waals surface area contributed by atoms with Gasteiger partial charge in [0.25, 0.3) is 5.91 Å². The van der Waals surface area contributed by atoms with Gasteiger partial charge in [-0.2, -0.15) is 0 Å². The quantitative estimate of drug-likeness (QED) is 0.389. The predicted octanol–water partition coefficient (Wildman–Crippen LogP) is 0.210. The Labute approximate surface area is 193 Å². The first kappa shape index (κ1) is 26.3. The minimum Gasteiger partial charge on any atom is -0.497 e. The molecule has 182 valence electrons. The summed E-state index contributed by atoms with van der Waals surface area (Å²) in [5, 5.41) is 2.89. The Morgan fingerprint density at radius 1 is 1.15 bits per heavy atom. The van der Waals surface area contributed by atoms with Crippen LogP contribution in [-0.2, 0) is 35.1 Å². The zero-order valence-corrected chi connectivity index (χ0v) is 19.8. The second-order valence-electron chi connectivity index (χ2n) is 8.92. The van der Waals surface area contributed by atoms with Crippen molar-refractivity contribution in [1.29, 1.82) is 0 Å². The SMILES string of the molecule is COC(=O)C[C@@]1(C(=O)[C@@H](N)Cc2ccc(OC)cc2)NCCN(CC(=O)OC(C)(C)C)C1=O. The number of methoxy groups -OCH3 is 2. The summed E-state index contributed by atoms with van der Waals surface area (Å²) in [4.78, 5) is 52.6. The third-order valence-corrected chi connectivity index (χ3v) is 5.21. The molecule has 2 rings (SSSR count). The molecule has 1 fully saturated rings. The summed E-state index contributed by atoms with van der Waals surface area (Å²) in [6, 6.07) is 5.93. The number of esters is 2. The average Bonchev–Trinajstić information content (AvgIpc) is 2.75. The summed E-state index contributed by atoms with van der Waals surface area (Å²) in [7, 11) is 2.72. The fraction of sp³-hybridized carbons (Fsp3) is 0.565. The van der Waals surface area contributed by atoms with Crippen LogP contribution in [0.3, 0.4) is 0 Å². The molecule has 0 spiro atoms. The summed E-state index contributed by atoms with van der Waals surface area (Å²) in [5.74, 6) is -2.06. The molecular formula is C23H33N3O7. The number of nitrogens with two attached hydrogens (primary N) is 1. The zero-order valence-electron chi connectivity index (χ0n) is 19.8. The Morgan fingerprint density at radius 2 is 1.79 bits per heavy atom. The van der Waals surface area contributed by atoms with Crippen LogP contribution in [-0.4, -0.2) is 79.6 Å². The van der Waals surface area contributed by atoms with Crippen molar-refractivity contribution < 1.29 is 33.4 Å². The Balaban J connectivity index is 2.27. The van der Waals surface area contributed by atoms with Crippen molar-refractivity contribution in [1.82, 2.24) is 10.2 Å². The van der Waals surface area contributed by atoms with Gasteiger partial charge in [-0.05, 0) is 44.9 Å². The van der Waals surface area contributed by atoms with Crippen molar-refractivity contribution in [2.24, 2.45) is 5.73 Å². The second-order valence-corrected chi connectivity index (χ2v) is 8.92. The first-order valence-corrected chi connectivity index (χ1v) is 10.7. The first-order valence-electron chi connectivity index (χ1n) is 10.7. The van der Waals surface area contributed by atoms with E-state index in [2.05, 4.69) is 5.32 Å². The van der Waals surface area contributed by atoms with Gasteiger partial charge in [0.2, 0.25) is 0 Å². The van der Waals surface area contributed by atoms with Crippen LogP contribution < -0.4 is 15.8 Å².